The van der Waals surface area contributed by atoms with Crippen molar-refractivity contribution in [3.63, 3.8) is 0 Å². The quantitative estimate of drug-likeness (QED) is 0.448. The molecule has 1 N–H and O–H groups in total. The lowest BCUT2D eigenvalue weighted by Crippen LogP contribution is -2.19. The van der Waals surface area contributed by atoms with Crippen molar-refractivity contribution in [2.24, 2.45) is 0 Å². The fraction of sp³-hybridized carbons (Fsp3) is 0.391. The highest BCUT2D eigenvalue weighted by Crippen LogP contribution is 2.42. The van der Waals surface area contributed by atoms with Crippen molar-refractivity contribution in [1.82, 2.24) is 4.90 Å². The molecule has 0 saturated heterocycles. The largest absolute Gasteiger partial charge is 0.507 e. The number of phenols is 1. The van der Waals surface area contributed by atoms with Gasteiger partial charge in [0.2, 0.25) is 0 Å². The molecule has 0 radical (unpaired) electrons. The molecule has 166 valence electrons. The average molecular weight is 446 g/mol. The Balaban J connectivity index is 1.55. The van der Waals surface area contributed by atoms with Crippen LogP contribution in [0.1, 0.15) is 46.8 Å². The Bertz CT molecular complexity index is 938. The van der Waals surface area contributed by atoms with E-state index in [1.165, 1.54) is 7.11 Å². The van der Waals surface area contributed by atoms with Gasteiger partial charge in [0, 0.05) is 29.9 Å². The fourth-order valence-corrected chi connectivity index (χ4v) is 4.06. The topological polar surface area (TPSA) is 85.3 Å². The SMILES string of the molecule is COc1c(C)c2c(c(O)c1C/C=C(\C)CCC(=O)OCCN1C=CSC=C1)C(=O)OC2. The number of carbonyl (C=O) groups is 2. The van der Waals surface area contributed by atoms with Gasteiger partial charge in [-0.3, -0.25) is 4.79 Å². The van der Waals surface area contributed by atoms with E-state index in [1.54, 1.807) is 11.8 Å². The molecular formula is C23H27NO6S. The Morgan fingerprint density at radius 1 is 1.32 bits per heavy atom. The van der Waals surface area contributed by atoms with Crippen LogP contribution < -0.4 is 4.74 Å². The summed E-state index contributed by atoms with van der Waals surface area (Å²) in [5.41, 5.74) is 3.21. The first-order chi connectivity index (χ1) is 14.9. The molecule has 0 amide bonds. The predicted octanol–water partition coefficient (Wildman–Crippen LogP) is 4.18. The monoisotopic (exact) mass is 445 g/mol. The number of thioether (sulfide) groups is 1. The van der Waals surface area contributed by atoms with E-state index < -0.39 is 5.97 Å². The highest BCUT2D eigenvalue weighted by Gasteiger charge is 2.31. The maximum atomic E-state index is 12.0. The number of ether oxygens (including phenoxy) is 3. The van der Waals surface area contributed by atoms with Crippen molar-refractivity contribution in [2.45, 2.75) is 39.7 Å². The van der Waals surface area contributed by atoms with Crippen LogP contribution in [0.4, 0.5) is 0 Å². The van der Waals surface area contributed by atoms with E-state index in [0.717, 1.165) is 11.1 Å². The van der Waals surface area contributed by atoms with Crippen LogP contribution in [0.5, 0.6) is 11.5 Å². The van der Waals surface area contributed by atoms with Gasteiger partial charge in [0.25, 0.3) is 0 Å². The second kappa shape index (κ2) is 10.4. The Morgan fingerprint density at radius 3 is 2.77 bits per heavy atom. The van der Waals surface area contributed by atoms with Crippen molar-refractivity contribution in [2.75, 3.05) is 20.3 Å². The normalized spacial score (nSPS) is 15.1. The van der Waals surface area contributed by atoms with E-state index in [1.807, 2.05) is 48.0 Å². The van der Waals surface area contributed by atoms with Gasteiger partial charge in [-0.25, -0.2) is 4.79 Å². The van der Waals surface area contributed by atoms with Crippen LogP contribution in [0.3, 0.4) is 0 Å². The van der Waals surface area contributed by atoms with Gasteiger partial charge >= 0.3 is 11.9 Å². The minimum Gasteiger partial charge on any atom is -0.507 e. The molecule has 0 spiro atoms. The zero-order valence-corrected chi connectivity index (χ0v) is 18.8. The molecule has 0 aliphatic carbocycles. The third-order valence-electron chi connectivity index (χ3n) is 5.30. The predicted molar refractivity (Wildman–Crippen MR) is 119 cm³/mol. The molecule has 2 aliphatic rings. The maximum Gasteiger partial charge on any atom is 0.342 e. The smallest absolute Gasteiger partial charge is 0.342 e. The minimum atomic E-state index is -0.516. The molecule has 31 heavy (non-hydrogen) atoms. The molecule has 0 saturated carbocycles. The zero-order valence-electron chi connectivity index (χ0n) is 18.0. The summed E-state index contributed by atoms with van der Waals surface area (Å²) < 4.78 is 15.9. The molecular weight excluding hydrogens is 418 g/mol. The van der Waals surface area contributed by atoms with Gasteiger partial charge in [-0.2, -0.15) is 0 Å². The summed E-state index contributed by atoms with van der Waals surface area (Å²) in [6.45, 7) is 4.87. The van der Waals surface area contributed by atoms with E-state index >= 15 is 0 Å². The van der Waals surface area contributed by atoms with Crippen LogP contribution in [0.25, 0.3) is 0 Å². The number of benzene rings is 1. The average Bonchev–Trinajstić information content (AvgIpc) is 3.16. The molecule has 7 nitrogen and oxygen atoms in total. The standard InChI is InChI=1S/C23H27NO6S/c1-15(5-7-19(25)29-11-8-24-9-12-31-13-10-24)4-6-17-21(26)20-18(14-30-23(20)27)16(2)22(17)28-3/h4,9-10,12-13,26H,5-8,11,14H2,1-3H3/b15-4+. The summed E-state index contributed by atoms with van der Waals surface area (Å²) in [6, 6.07) is 0. The molecule has 1 aromatic carbocycles. The van der Waals surface area contributed by atoms with Crippen molar-refractivity contribution < 1.29 is 28.9 Å². The van der Waals surface area contributed by atoms with Gasteiger partial charge in [0.1, 0.15) is 30.3 Å². The third kappa shape index (κ3) is 5.44. The Hall–Kier alpha value is -2.87. The Labute approximate surface area is 186 Å². The second-order valence-corrected chi connectivity index (χ2v) is 8.15. The number of carbonyl (C=O) groups excluding carboxylic acids is 2. The number of methoxy groups -OCH3 is 1. The van der Waals surface area contributed by atoms with E-state index in [2.05, 4.69) is 0 Å². The van der Waals surface area contributed by atoms with E-state index in [4.69, 9.17) is 14.2 Å². The van der Waals surface area contributed by atoms with Gasteiger partial charge in [-0.15, -0.1) is 11.8 Å². The molecule has 2 heterocycles. The second-order valence-electron chi connectivity index (χ2n) is 7.33. The summed E-state index contributed by atoms with van der Waals surface area (Å²) in [6.07, 6.45) is 7.02. The minimum absolute atomic E-state index is 0.0948. The van der Waals surface area contributed by atoms with E-state index in [9.17, 15) is 14.7 Å². The van der Waals surface area contributed by atoms with Crippen LogP contribution in [0.2, 0.25) is 0 Å². The first-order valence-corrected chi connectivity index (χ1v) is 11.0. The fourth-order valence-electron chi connectivity index (χ4n) is 3.51. The lowest BCUT2D eigenvalue weighted by Gasteiger charge is -2.17. The van der Waals surface area contributed by atoms with Gasteiger partial charge < -0.3 is 24.2 Å². The van der Waals surface area contributed by atoms with Crippen molar-refractivity contribution in [3.05, 3.63) is 57.1 Å². The van der Waals surface area contributed by atoms with Crippen LogP contribution in [-0.4, -0.2) is 42.2 Å². The van der Waals surface area contributed by atoms with Crippen molar-refractivity contribution >= 4 is 23.7 Å². The number of nitrogens with zero attached hydrogens (tertiary/aromatic N) is 1. The number of hydrogen-bond donors (Lipinski definition) is 1. The number of esters is 2. The highest BCUT2D eigenvalue weighted by molar-refractivity contribution is 8.04. The molecule has 0 unspecified atom stereocenters. The molecule has 0 atom stereocenters. The first-order valence-electron chi connectivity index (χ1n) is 10.1. The Kier molecular flexibility index (Phi) is 7.68. The summed E-state index contributed by atoms with van der Waals surface area (Å²) in [4.78, 5) is 26.0. The van der Waals surface area contributed by atoms with Crippen LogP contribution in [0, 0.1) is 6.92 Å². The Morgan fingerprint density at radius 2 is 2.06 bits per heavy atom. The summed E-state index contributed by atoms with van der Waals surface area (Å²) in [5.74, 6) is -0.305. The molecule has 2 aliphatic heterocycles. The molecule has 8 heteroatoms. The van der Waals surface area contributed by atoms with Crippen LogP contribution >= 0.6 is 11.8 Å². The van der Waals surface area contributed by atoms with Gasteiger partial charge in [0.05, 0.1) is 13.7 Å². The molecule has 0 aromatic heterocycles. The molecule has 1 aromatic rings. The van der Waals surface area contributed by atoms with Crippen LogP contribution in [-0.2, 0) is 27.3 Å². The summed E-state index contributed by atoms with van der Waals surface area (Å²) >= 11 is 1.60. The third-order valence-corrected chi connectivity index (χ3v) is 5.86. The van der Waals surface area contributed by atoms with Crippen LogP contribution in [0.15, 0.2) is 34.9 Å². The number of cyclic esters (lactones) is 1. The number of fused-ring (bicyclic) bond motifs is 1. The van der Waals surface area contributed by atoms with E-state index in [-0.39, 0.29) is 30.3 Å². The van der Waals surface area contributed by atoms with Crippen molar-refractivity contribution in [3.8, 4) is 11.5 Å². The summed E-state index contributed by atoms with van der Waals surface area (Å²) in [5, 5.41) is 14.6. The lowest BCUT2D eigenvalue weighted by molar-refractivity contribution is -0.143. The maximum absolute atomic E-state index is 12.0. The number of aromatic hydroxyl groups is 1. The van der Waals surface area contributed by atoms with Gasteiger partial charge in [-0.1, -0.05) is 11.6 Å². The van der Waals surface area contributed by atoms with Gasteiger partial charge in [0.15, 0.2) is 0 Å². The van der Waals surface area contributed by atoms with Crippen molar-refractivity contribution in [1.29, 1.82) is 0 Å². The molecule has 3 rings (SSSR count). The lowest BCUT2D eigenvalue weighted by atomic mass is 9.94. The number of rotatable bonds is 9. The van der Waals surface area contributed by atoms with E-state index in [0.29, 0.717) is 42.9 Å². The number of phenolic OH excluding ortho intramolecular Hbond substituents is 1. The first kappa shape index (κ1) is 22.8. The number of hydrogen-bond acceptors (Lipinski definition) is 8. The van der Waals surface area contributed by atoms with Gasteiger partial charge in [-0.05, 0) is 43.1 Å². The molecule has 0 fully saturated rings. The molecule has 0 bridgehead atoms. The zero-order chi connectivity index (χ0) is 22.4. The number of allylic oxidation sites excluding steroid dienone is 2. The highest BCUT2D eigenvalue weighted by atomic mass is 32.2. The summed E-state index contributed by atoms with van der Waals surface area (Å²) in [7, 11) is 1.54.